The molecule has 0 aliphatic heterocycles. The van der Waals surface area contributed by atoms with Gasteiger partial charge in [0.2, 0.25) is 5.75 Å². The molecular weight excluding hydrogens is 264 g/mol. The van der Waals surface area contributed by atoms with Crippen LogP contribution in [-0.4, -0.2) is 26.4 Å². The summed E-state index contributed by atoms with van der Waals surface area (Å²) >= 11 is 0. The molecule has 104 valence electrons. The molecule has 0 radical (unpaired) electrons. The smallest absolute Gasteiger partial charge is 0.335 e. The van der Waals surface area contributed by atoms with Gasteiger partial charge in [-0.15, -0.1) is 0 Å². The fraction of sp³-hybridized carbons (Fsp3) is 0.0714. The SMILES string of the molecule is Cc1cc(O)cc(Oc2cc(C(=O)O)cc(O)c2O)c1. The first-order chi connectivity index (χ1) is 9.36. The maximum atomic E-state index is 10.9. The lowest BCUT2D eigenvalue weighted by Crippen LogP contribution is -1.97. The van der Waals surface area contributed by atoms with Crippen molar-refractivity contribution < 1.29 is 30.0 Å². The van der Waals surface area contributed by atoms with Crippen LogP contribution in [0, 0.1) is 6.92 Å². The van der Waals surface area contributed by atoms with E-state index in [2.05, 4.69) is 0 Å². The van der Waals surface area contributed by atoms with Gasteiger partial charge in [-0.25, -0.2) is 4.79 Å². The van der Waals surface area contributed by atoms with Crippen LogP contribution in [0.15, 0.2) is 30.3 Å². The van der Waals surface area contributed by atoms with Crippen molar-refractivity contribution in [2.24, 2.45) is 0 Å². The van der Waals surface area contributed by atoms with Crippen molar-refractivity contribution in [1.82, 2.24) is 0 Å². The molecule has 0 saturated carbocycles. The van der Waals surface area contributed by atoms with E-state index in [0.717, 1.165) is 17.7 Å². The Bertz CT molecular complexity index is 657. The van der Waals surface area contributed by atoms with Crippen molar-refractivity contribution in [3.8, 4) is 28.7 Å². The predicted molar refractivity (Wildman–Crippen MR) is 69.6 cm³/mol. The lowest BCUT2D eigenvalue weighted by Gasteiger charge is -2.10. The van der Waals surface area contributed by atoms with E-state index in [9.17, 15) is 20.1 Å². The molecule has 20 heavy (non-hydrogen) atoms. The van der Waals surface area contributed by atoms with Crippen molar-refractivity contribution in [3.05, 3.63) is 41.5 Å². The zero-order valence-corrected chi connectivity index (χ0v) is 10.5. The first-order valence-electron chi connectivity index (χ1n) is 5.64. The van der Waals surface area contributed by atoms with E-state index >= 15 is 0 Å². The largest absolute Gasteiger partial charge is 0.508 e. The summed E-state index contributed by atoms with van der Waals surface area (Å²) in [6.45, 7) is 1.73. The van der Waals surface area contributed by atoms with E-state index in [1.54, 1.807) is 13.0 Å². The molecule has 2 aromatic rings. The third kappa shape index (κ3) is 2.74. The highest BCUT2D eigenvalue weighted by Crippen LogP contribution is 2.39. The summed E-state index contributed by atoms with van der Waals surface area (Å²) in [7, 11) is 0. The second-order valence-electron chi connectivity index (χ2n) is 4.25. The average molecular weight is 276 g/mol. The number of hydrogen-bond donors (Lipinski definition) is 4. The number of hydrogen-bond acceptors (Lipinski definition) is 5. The summed E-state index contributed by atoms with van der Waals surface area (Å²) in [6, 6.07) is 6.40. The van der Waals surface area contributed by atoms with E-state index in [-0.39, 0.29) is 22.8 Å². The van der Waals surface area contributed by atoms with Gasteiger partial charge in [0.1, 0.15) is 11.5 Å². The van der Waals surface area contributed by atoms with Crippen LogP contribution in [0.1, 0.15) is 15.9 Å². The second-order valence-corrected chi connectivity index (χ2v) is 4.25. The summed E-state index contributed by atoms with van der Waals surface area (Å²) in [5.41, 5.74) is 0.491. The number of carboxylic acid groups (broad SMARTS) is 1. The van der Waals surface area contributed by atoms with Gasteiger partial charge < -0.3 is 25.2 Å². The molecule has 2 rings (SSSR count). The minimum atomic E-state index is -1.27. The summed E-state index contributed by atoms with van der Waals surface area (Å²) in [5, 5.41) is 37.5. The number of aryl methyl sites for hydroxylation is 1. The minimum absolute atomic E-state index is 0.0295. The molecule has 0 amide bonds. The van der Waals surface area contributed by atoms with Crippen molar-refractivity contribution in [1.29, 1.82) is 0 Å². The lowest BCUT2D eigenvalue weighted by molar-refractivity contribution is 0.0696. The van der Waals surface area contributed by atoms with Crippen LogP contribution in [-0.2, 0) is 0 Å². The summed E-state index contributed by atoms with van der Waals surface area (Å²) < 4.78 is 5.31. The molecule has 0 fully saturated rings. The number of rotatable bonds is 3. The molecule has 0 aromatic heterocycles. The van der Waals surface area contributed by atoms with Crippen molar-refractivity contribution in [2.45, 2.75) is 6.92 Å². The Kier molecular flexibility index (Phi) is 3.39. The Labute approximate surface area is 114 Å². The van der Waals surface area contributed by atoms with Crippen LogP contribution in [0.25, 0.3) is 0 Å². The van der Waals surface area contributed by atoms with Crippen molar-refractivity contribution in [2.75, 3.05) is 0 Å². The normalized spacial score (nSPS) is 10.2. The minimum Gasteiger partial charge on any atom is -0.508 e. The lowest BCUT2D eigenvalue weighted by atomic mass is 10.2. The summed E-state index contributed by atoms with van der Waals surface area (Å²) in [6.07, 6.45) is 0. The van der Waals surface area contributed by atoms with E-state index in [1.165, 1.54) is 12.1 Å². The van der Waals surface area contributed by atoms with Gasteiger partial charge in [0.05, 0.1) is 5.56 Å². The zero-order valence-electron chi connectivity index (χ0n) is 10.5. The number of carbonyl (C=O) groups is 1. The fourth-order valence-electron chi connectivity index (χ4n) is 1.71. The fourth-order valence-corrected chi connectivity index (χ4v) is 1.71. The Morgan fingerprint density at radius 3 is 2.35 bits per heavy atom. The molecule has 0 bridgehead atoms. The van der Waals surface area contributed by atoms with Gasteiger partial charge in [-0.1, -0.05) is 0 Å². The highest BCUT2D eigenvalue weighted by Gasteiger charge is 2.15. The molecule has 0 saturated heterocycles. The van der Waals surface area contributed by atoms with E-state index in [0.29, 0.717) is 0 Å². The molecule has 0 aliphatic rings. The third-order valence-corrected chi connectivity index (χ3v) is 2.57. The standard InChI is InChI=1S/C14H12O6/c1-7-2-9(15)6-10(3-7)20-12-5-8(14(18)19)4-11(16)13(12)17/h2-6,15-17H,1H3,(H,18,19). The van der Waals surface area contributed by atoms with Crippen LogP contribution < -0.4 is 4.74 Å². The molecular formula is C14H12O6. The van der Waals surface area contributed by atoms with Gasteiger partial charge in [-0.05, 0) is 36.8 Å². The molecule has 0 unspecified atom stereocenters. The molecule has 0 spiro atoms. The highest BCUT2D eigenvalue weighted by atomic mass is 16.5. The third-order valence-electron chi connectivity index (χ3n) is 2.57. The number of benzene rings is 2. The second kappa shape index (κ2) is 5.00. The monoisotopic (exact) mass is 276 g/mol. The predicted octanol–water partition coefficient (Wildman–Crippen LogP) is 2.60. The summed E-state index contributed by atoms with van der Waals surface area (Å²) in [4.78, 5) is 10.9. The van der Waals surface area contributed by atoms with Crippen LogP contribution in [0.4, 0.5) is 0 Å². The maximum absolute atomic E-state index is 10.9. The van der Waals surface area contributed by atoms with Gasteiger partial charge in [0.15, 0.2) is 11.5 Å². The van der Waals surface area contributed by atoms with E-state index in [4.69, 9.17) is 9.84 Å². The number of phenolic OH excluding ortho intramolecular Hbond substituents is 3. The number of aromatic carboxylic acids is 1. The van der Waals surface area contributed by atoms with Crippen molar-refractivity contribution >= 4 is 5.97 Å². The molecule has 0 heterocycles. The number of aromatic hydroxyl groups is 3. The van der Waals surface area contributed by atoms with Crippen LogP contribution in [0.5, 0.6) is 28.7 Å². The highest BCUT2D eigenvalue weighted by molar-refractivity contribution is 5.89. The zero-order chi connectivity index (χ0) is 14.9. The topological polar surface area (TPSA) is 107 Å². The van der Waals surface area contributed by atoms with E-state index < -0.39 is 17.5 Å². The molecule has 4 N–H and O–H groups in total. The molecule has 2 aromatic carbocycles. The van der Waals surface area contributed by atoms with Crippen LogP contribution in [0.3, 0.4) is 0 Å². The molecule has 0 atom stereocenters. The maximum Gasteiger partial charge on any atom is 0.335 e. The van der Waals surface area contributed by atoms with Crippen LogP contribution >= 0.6 is 0 Å². The van der Waals surface area contributed by atoms with Gasteiger partial charge in [-0.2, -0.15) is 0 Å². The number of phenols is 3. The van der Waals surface area contributed by atoms with Gasteiger partial charge in [-0.3, -0.25) is 0 Å². The number of carboxylic acids is 1. The first kappa shape index (κ1) is 13.5. The Morgan fingerprint density at radius 1 is 1.05 bits per heavy atom. The molecule has 6 heteroatoms. The Balaban J connectivity index is 2.44. The summed E-state index contributed by atoms with van der Waals surface area (Å²) in [5.74, 6) is -2.48. The molecule has 6 nitrogen and oxygen atoms in total. The van der Waals surface area contributed by atoms with Gasteiger partial charge in [0, 0.05) is 6.07 Å². The Hall–Kier alpha value is -2.89. The Morgan fingerprint density at radius 2 is 1.75 bits per heavy atom. The number of ether oxygens (including phenoxy) is 1. The van der Waals surface area contributed by atoms with E-state index in [1.807, 2.05) is 0 Å². The van der Waals surface area contributed by atoms with Gasteiger partial charge >= 0.3 is 5.97 Å². The van der Waals surface area contributed by atoms with Crippen LogP contribution in [0.2, 0.25) is 0 Å². The van der Waals surface area contributed by atoms with Gasteiger partial charge in [0.25, 0.3) is 0 Å². The average Bonchev–Trinajstić information content (AvgIpc) is 2.33. The molecule has 0 aliphatic carbocycles. The first-order valence-corrected chi connectivity index (χ1v) is 5.64. The quantitative estimate of drug-likeness (QED) is 0.642. The van der Waals surface area contributed by atoms with Crippen molar-refractivity contribution in [3.63, 3.8) is 0 Å².